The molecule has 0 heterocycles. The van der Waals surface area contributed by atoms with Gasteiger partial charge in [0.15, 0.2) is 5.03 Å². The summed E-state index contributed by atoms with van der Waals surface area (Å²) in [5.74, 6) is -2.10. The van der Waals surface area contributed by atoms with Crippen molar-refractivity contribution in [3.63, 3.8) is 0 Å². The van der Waals surface area contributed by atoms with E-state index in [0.717, 1.165) is 44.9 Å². The fourth-order valence-corrected chi connectivity index (χ4v) is 3.78. The van der Waals surface area contributed by atoms with Gasteiger partial charge in [-0.3, -0.25) is 15.0 Å². The molecule has 2 amide bonds. The van der Waals surface area contributed by atoms with Crippen LogP contribution in [0.2, 0.25) is 0 Å². The molecule has 0 radical (unpaired) electrons. The van der Waals surface area contributed by atoms with Crippen molar-refractivity contribution in [3.8, 4) is 6.07 Å². The first-order chi connectivity index (χ1) is 17.6. The molecule has 14 heteroatoms. The molecule has 7 N–H and O–H groups in total. The summed E-state index contributed by atoms with van der Waals surface area (Å²) in [6, 6.07) is 1.22. The standard InChI is InChI=1S/C23H44BN7O6/c1-18(2)17-20(24(34)35)29-22(33)19(13-12-16-27-23(26)30-31(36)37)28-21(32)14-10-8-6-4-3-5-7-9-11-15-25/h18-20,34-35H,3-14,16-17H2,1-2H3,(H,28,32)(H,29,33)(H3,26,27,30)/t19-,20-/m0/s1. The summed E-state index contributed by atoms with van der Waals surface area (Å²) in [4.78, 5) is 35.7. The van der Waals surface area contributed by atoms with Gasteiger partial charge in [0, 0.05) is 19.4 Å². The zero-order valence-corrected chi connectivity index (χ0v) is 22.1. The number of nitrogens with one attached hydrogen (secondary N) is 5. The van der Waals surface area contributed by atoms with E-state index in [1.165, 1.54) is 0 Å². The minimum atomic E-state index is -1.75. The van der Waals surface area contributed by atoms with E-state index in [1.807, 2.05) is 13.8 Å². The number of nitrogens with zero attached hydrogens (tertiary/aromatic N) is 2. The van der Waals surface area contributed by atoms with Gasteiger partial charge in [0.2, 0.25) is 11.8 Å². The summed E-state index contributed by atoms with van der Waals surface area (Å²) in [5, 5.41) is 52.5. The Labute approximate surface area is 219 Å². The third kappa shape index (κ3) is 19.9. The van der Waals surface area contributed by atoms with E-state index >= 15 is 0 Å². The third-order valence-electron chi connectivity index (χ3n) is 5.68. The first kappa shape index (κ1) is 34.1. The Morgan fingerprint density at radius 3 is 2.16 bits per heavy atom. The van der Waals surface area contributed by atoms with E-state index in [-0.39, 0.29) is 31.2 Å². The molecule has 0 fully saturated rings. The average molecular weight is 525 g/mol. The van der Waals surface area contributed by atoms with Gasteiger partial charge in [-0.05, 0) is 38.0 Å². The van der Waals surface area contributed by atoms with Gasteiger partial charge < -0.3 is 26.0 Å². The van der Waals surface area contributed by atoms with E-state index < -0.39 is 36.0 Å². The number of hydrazine groups is 1. The van der Waals surface area contributed by atoms with E-state index in [9.17, 15) is 29.8 Å². The normalized spacial score (nSPS) is 12.2. The van der Waals surface area contributed by atoms with Crippen LogP contribution in [0.5, 0.6) is 0 Å². The second-order valence-electron chi connectivity index (χ2n) is 9.58. The van der Waals surface area contributed by atoms with Crippen molar-refractivity contribution in [1.29, 1.82) is 10.7 Å². The van der Waals surface area contributed by atoms with Gasteiger partial charge in [-0.25, -0.2) is 10.1 Å². The smallest absolute Gasteiger partial charge is 0.426 e. The summed E-state index contributed by atoms with van der Waals surface area (Å²) < 4.78 is 0. The van der Waals surface area contributed by atoms with Crippen molar-refractivity contribution >= 4 is 24.9 Å². The second-order valence-corrected chi connectivity index (χ2v) is 9.58. The molecule has 0 aromatic rings. The van der Waals surface area contributed by atoms with E-state index in [1.54, 1.807) is 5.43 Å². The van der Waals surface area contributed by atoms with Crippen molar-refractivity contribution in [2.45, 2.75) is 109 Å². The van der Waals surface area contributed by atoms with Gasteiger partial charge >= 0.3 is 7.12 Å². The topological polar surface area (TPSA) is 213 Å². The molecule has 210 valence electrons. The lowest BCUT2D eigenvalue weighted by Gasteiger charge is -2.24. The van der Waals surface area contributed by atoms with Crippen LogP contribution in [0.4, 0.5) is 0 Å². The number of guanidine groups is 1. The molecular formula is C23H44BN7O6. The third-order valence-corrected chi connectivity index (χ3v) is 5.68. The number of nitriles is 1. The SMILES string of the molecule is CC(C)C[C@H](NC(=O)[C@H](CCCNC(=N)N[N+](=O)[O-])NC(=O)CCCCCCCCCCC#N)B(O)O. The van der Waals surface area contributed by atoms with Crippen LogP contribution in [0.15, 0.2) is 0 Å². The molecule has 0 saturated heterocycles. The Morgan fingerprint density at radius 1 is 1.03 bits per heavy atom. The fourth-order valence-electron chi connectivity index (χ4n) is 3.78. The number of hydrogen-bond acceptors (Lipinski definition) is 8. The van der Waals surface area contributed by atoms with Crippen LogP contribution in [-0.2, 0) is 9.59 Å². The fraction of sp³-hybridized carbons (Fsp3) is 0.826. The van der Waals surface area contributed by atoms with Gasteiger partial charge in [-0.15, -0.1) is 0 Å². The zero-order chi connectivity index (χ0) is 28.1. The number of nitro groups is 1. The maximum Gasteiger partial charge on any atom is 0.475 e. The average Bonchev–Trinajstić information content (AvgIpc) is 2.80. The summed E-state index contributed by atoms with van der Waals surface area (Å²) in [6.45, 7) is 3.93. The second kappa shape index (κ2) is 21.2. The molecule has 0 aliphatic heterocycles. The lowest BCUT2D eigenvalue weighted by Crippen LogP contribution is -2.54. The molecule has 0 bridgehead atoms. The molecule has 2 atom stereocenters. The highest BCUT2D eigenvalue weighted by atomic mass is 16.7. The number of carbonyl (C=O) groups excluding carboxylic acids is 2. The van der Waals surface area contributed by atoms with Crippen LogP contribution in [0.25, 0.3) is 0 Å². The van der Waals surface area contributed by atoms with Crippen LogP contribution < -0.4 is 21.4 Å². The number of hydrogen-bond donors (Lipinski definition) is 7. The number of unbranched alkanes of at least 4 members (excludes halogenated alkanes) is 8. The molecule has 0 aliphatic rings. The molecule has 0 aromatic heterocycles. The molecular weight excluding hydrogens is 481 g/mol. The Hall–Kier alpha value is -2.92. The van der Waals surface area contributed by atoms with Gasteiger partial charge in [0.1, 0.15) is 6.04 Å². The van der Waals surface area contributed by atoms with Gasteiger partial charge in [-0.1, -0.05) is 57.8 Å². The molecule has 0 aliphatic carbocycles. The van der Waals surface area contributed by atoms with Crippen molar-refractivity contribution in [1.82, 2.24) is 21.4 Å². The first-order valence-corrected chi connectivity index (χ1v) is 13.1. The molecule has 0 rings (SSSR count). The van der Waals surface area contributed by atoms with Crippen molar-refractivity contribution in [2.75, 3.05) is 6.54 Å². The lowest BCUT2D eigenvalue weighted by molar-refractivity contribution is -0.525. The summed E-state index contributed by atoms with van der Waals surface area (Å²) in [6.07, 6.45) is 9.61. The van der Waals surface area contributed by atoms with Gasteiger partial charge in [-0.2, -0.15) is 5.26 Å². The van der Waals surface area contributed by atoms with Crippen LogP contribution in [0, 0.1) is 32.8 Å². The summed E-state index contributed by atoms with van der Waals surface area (Å²) in [5.41, 5.74) is 1.67. The largest absolute Gasteiger partial charge is 0.475 e. The highest BCUT2D eigenvalue weighted by Gasteiger charge is 2.29. The zero-order valence-electron chi connectivity index (χ0n) is 22.1. The summed E-state index contributed by atoms with van der Waals surface area (Å²) in [7, 11) is -1.75. The predicted octanol–water partition coefficient (Wildman–Crippen LogP) is 1.52. The number of carbonyl (C=O) groups is 2. The van der Waals surface area contributed by atoms with E-state index in [0.29, 0.717) is 25.7 Å². The van der Waals surface area contributed by atoms with E-state index in [2.05, 4.69) is 22.0 Å². The summed E-state index contributed by atoms with van der Waals surface area (Å²) >= 11 is 0. The van der Waals surface area contributed by atoms with Crippen LogP contribution in [-0.4, -0.2) is 58.5 Å². The van der Waals surface area contributed by atoms with Crippen molar-refractivity contribution in [2.24, 2.45) is 5.92 Å². The predicted molar refractivity (Wildman–Crippen MR) is 140 cm³/mol. The maximum absolute atomic E-state index is 12.9. The molecule has 37 heavy (non-hydrogen) atoms. The molecule has 0 saturated carbocycles. The minimum absolute atomic E-state index is 0.0991. The number of rotatable bonds is 21. The van der Waals surface area contributed by atoms with Crippen molar-refractivity contribution in [3.05, 3.63) is 10.1 Å². The lowest BCUT2D eigenvalue weighted by atomic mass is 9.75. The Bertz CT molecular complexity index is 733. The monoisotopic (exact) mass is 525 g/mol. The molecule has 0 unspecified atom stereocenters. The Morgan fingerprint density at radius 2 is 1.62 bits per heavy atom. The quantitative estimate of drug-likeness (QED) is 0.0288. The molecule has 0 aromatic carbocycles. The highest BCUT2D eigenvalue weighted by Crippen LogP contribution is 2.11. The first-order valence-electron chi connectivity index (χ1n) is 13.1. The molecule has 0 spiro atoms. The van der Waals surface area contributed by atoms with Crippen molar-refractivity contribution < 1.29 is 24.7 Å². The Balaban J connectivity index is 4.65. The van der Waals surface area contributed by atoms with Gasteiger partial charge in [0.25, 0.3) is 5.96 Å². The van der Waals surface area contributed by atoms with Crippen LogP contribution >= 0.6 is 0 Å². The van der Waals surface area contributed by atoms with Crippen LogP contribution in [0.3, 0.4) is 0 Å². The van der Waals surface area contributed by atoms with Gasteiger partial charge in [0.05, 0.1) is 12.0 Å². The Kier molecular flexibility index (Phi) is 19.5. The number of amides is 2. The maximum atomic E-state index is 12.9. The van der Waals surface area contributed by atoms with E-state index in [4.69, 9.17) is 10.7 Å². The molecule has 13 nitrogen and oxygen atoms in total. The van der Waals surface area contributed by atoms with Crippen LogP contribution in [0.1, 0.15) is 97.3 Å². The minimum Gasteiger partial charge on any atom is -0.426 e. The highest BCUT2D eigenvalue weighted by molar-refractivity contribution is 6.43.